The van der Waals surface area contributed by atoms with Gasteiger partial charge >= 0.3 is 0 Å². The van der Waals surface area contributed by atoms with Crippen molar-refractivity contribution < 1.29 is 9.18 Å². The van der Waals surface area contributed by atoms with Crippen molar-refractivity contribution >= 4 is 5.91 Å². The number of primary amides is 1. The van der Waals surface area contributed by atoms with Gasteiger partial charge in [-0.05, 0) is 49.1 Å². The Balaban J connectivity index is 2.03. The molecule has 1 amide bonds. The molecule has 1 atom stereocenters. The molecule has 1 aromatic heterocycles. The van der Waals surface area contributed by atoms with Crippen LogP contribution >= 0.6 is 0 Å². The van der Waals surface area contributed by atoms with Crippen LogP contribution in [0.3, 0.4) is 0 Å². The molecular formula is C16H15FN2O. The fourth-order valence-corrected chi connectivity index (χ4v) is 2.95. The maximum absolute atomic E-state index is 13.7. The van der Waals surface area contributed by atoms with Gasteiger partial charge in [0.05, 0.1) is 11.3 Å². The monoisotopic (exact) mass is 270 g/mol. The molecule has 1 aliphatic carbocycles. The van der Waals surface area contributed by atoms with Crippen molar-refractivity contribution in [1.29, 1.82) is 0 Å². The van der Waals surface area contributed by atoms with Crippen molar-refractivity contribution in [2.75, 3.05) is 0 Å². The van der Waals surface area contributed by atoms with Gasteiger partial charge in [-0.2, -0.15) is 0 Å². The molecule has 1 aliphatic rings. The van der Waals surface area contributed by atoms with Crippen LogP contribution in [-0.2, 0) is 6.42 Å². The Kier molecular flexibility index (Phi) is 3.01. The van der Waals surface area contributed by atoms with E-state index >= 15 is 0 Å². The minimum Gasteiger partial charge on any atom is -0.366 e. The van der Waals surface area contributed by atoms with Gasteiger partial charge in [-0.3, -0.25) is 9.78 Å². The molecule has 20 heavy (non-hydrogen) atoms. The Labute approximate surface area is 116 Å². The van der Waals surface area contributed by atoms with Crippen LogP contribution in [-0.4, -0.2) is 10.9 Å². The predicted octanol–water partition coefficient (Wildman–Crippen LogP) is 2.71. The Hall–Kier alpha value is -2.23. The Bertz CT molecular complexity index is 697. The fraction of sp³-hybridized carbons (Fsp3) is 0.250. The lowest BCUT2D eigenvalue weighted by Gasteiger charge is -2.13. The van der Waals surface area contributed by atoms with Gasteiger partial charge < -0.3 is 5.73 Å². The Morgan fingerprint density at radius 3 is 2.85 bits per heavy atom. The van der Waals surface area contributed by atoms with E-state index in [1.807, 2.05) is 12.1 Å². The SMILES string of the molecule is Cc1nc([C@@H]2CCc3c(F)cccc32)ccc1C(N)=O. The lowest BCUT2D eigenvalue weighted by atomic mass is 9.96. The summed E-state index contributed by atoms with van der Waals surface area (Å²) in [6.45, 7) is 1.77. The number of aryl methyl sites for hydroxylation is 1. The third kappa shape index (κ3) is 1.97. The maximum Gasteiger partial charge on any atom is 0.250 e. The number of halogens is 1. The van der Waals surface area contributed by atoms with E-state index in [4.69, 9.17) is 5.73 Å². The number of pyridine rings is 1. The highest BCUT2D eigenvalue weighted by Gasteiger charge is 2.27. The van der Waals surface area contributed by atoms with Crippen molar-refractivity contribution in [2.45, 2.75) is 25.7 Å². The first kappa shape index (κ1) is 12.8. The molecule has 0 saturated carbocycles. The quantitative estimate of drug-likeness (QED) is 0.912. The zero-order valence-electron chi connectivity index (χ0n) is 11.2. The molecular weight excluding hydrogens is 255 g/mol. The van der Waals surface area contributed by atoms with E-state index in [2.05, 4.69) is 4.98 Å². The zero-order valence-corrected chi connectivity index (χ0v) is 11.2. The molecule has 0 radical (unpaired) electrons. The van der Waals surface area contributed by atoms with Crippen molar-refractivity contribution in [3.8, 4) is 0 Å². The van der Waals surface area contributed by atoms with E-state index < -0.39 is 5.91 Å². The van der Waals surface area contributed by atoms with Crippen LogP contribution < -0.4 is 5.73 Å². The minimum absolute atomic E-state index is 0.0985. The van der Waals surface area contributed by atoms with Crippen molar-refractivity contribution in [1.82, 2.24) is 4.98 Å². The molecule has 1 aromatic carbocycles. The first-order chi connectivity index (χ1) is 9.58. The number of rotatable bonds is 2. The van der Waals surface area contributed by atoms with Crippen LogP contribution in [0.25, 0.3) is 0 Å². The van der Waals surface area contributed by atoms with Gasteiger partial charge in [0.2, 0.25) is 0 Å². The number of carbonyl (C=O) groups excluding carboxylic acids is 1. The summed E-state index contributed by atoms with van der Waals surface area (Å²) in [6, 6.07) is 8.71. The molecule has 2 aromatic rings. The number of benzene rings is 1. The Morgan fingerprint density at radius 2 is 2.15 bits per heavy atom. The van der Waals surface area contributed by atoms with Crippen LogP contribution in [0.15, 0.2) is 30.3 Å². The average molecular weight is 270 g/mol. The molecule has 4 heteroatoms. The second-order valence-electron chi connectivity index (χ2n) is 5.13. The summed E-state index contributed by atoms with van der Waals surface area (Å²) in [6.07, 6.45) is 1.57. The minimum atomic E-state index is -0.473. The highest BCUT2D eigenvalue weighted by molar-refractivity contribution is 5.93. The van der Waals surface area contributed by atoms with Crippen molar-refractivity contribution in [3.05, 3.63) is 64.2 Å². The second-order valence-corrected chi connectivity index (χ2v) is 5.13. The highest BCUT2D eigenvalue weighted by Crippen LogP contribution is 2.38. The number of fused-ring (bicyclic) bond motifs is 1. The van der Waals surface area contributed by atoms with Gasteiger partial charge in [-0.1, -0.05) is 12.1 Å². The van der Waals surface area contributed by atoms with E-state index in [0.717, 1.165) is 29.7 Å². The van der Waals surface area contributed by atoms with Gasteiger partial charge in [0.1, 0.15) is 5.82 Å². The molecule has 0 saturated heterocycles. The summed E-state index contributed by atoms with van der Waals surface area (Å²) in [5.41, 5.74) is 9.01. The van der Waals surface area contributed by atoms with E-state index in [1.165, 1.54) is 6.07 Å². The summed E-state index contributed by atoms with van der Waals surface area (Å²) in [5.74, 6) is -0.517. The van der Waals surface area contributed by atoms with Gasteiger partial charge in [-0.15, -0.1) is 0 Å². The van der Waals surface area contributed by atoms with Crippen LogP contribution in [0.4, 0.5) is 4.39 Å². The molecule has 0 spiro atoms. The van der Waals surface area contributed by atoms with Gasteiger partial charge in [-0.25, -0.2) is 4.39 Å². The van der Waals surface area contributed by atoms with Crippen molar-refractivity contribution in [3.63, 3.8) is 0 Å². The number of nitrogens with zero attached hydrogens (tertiary/aromatic N) is 1. The number of hydrogen-bond donors (Lipinski definition) is 1. The summed E-state index contributed by atoms with van der Waals surface area (Å²) >= 11 is 0. The van der Waals surface area contributed by atoms with E-state index in [1.54, 1.807) is 19.1 Å². The number of aromatic nitrogens is 1. The normalized spacial score (nSPS) is 17.0. The number of hydrogen-bond acceptors (Lipinski definition) is 2. The average Bonchev–Trinajstić information content (AvgIpc) is 2.83. The molecule has 1 heterocycles. The van der Waals surface area contributed by atoms with Crippen molar-refractivity contribution in [2.24, 2.45) is 5.73 Å². The number of carbonyl (C=O) groups is 1. The lowest BCUT2D eigenvalue weighted by Crippen LogP contribution is -2.14. The van der Waals surface area contributed by atoms with Gasteiger partial charge in [0, 0.05) is 11.6 Å². The largest absolute Gasteiger partial charge is 0.366 e. The molecule has 0 bridgehead atoms. The molecule has 0 unspecified atom stereocenters. The topological polar surface area (TPSA) is 56.0 Å². The van der Waals surface area contributed by atoms with Crippen LogP contribution in [0.2, 0.25) is 0 Å². The predicted molar refractivity (Wildman–Crippen MR) is 74.1 cm³/mol. The third-order valence-electron chi connectivity index (χ3n) is 3.94. The maximum atomic E-state index is 13.7. The summed E-state index contributed by atoms with van der Waals surface area (Å²) in [5, 5.41) is 0. The standard InChI is InChI=1S/C16H15FN2O/c1-9-10(16(18)20)7-8-15(19-9)13-6-5-12-11(13)3-2-4-14(12)17/h2-4,7-8,13H,5-6H2,1H3,(H2,18,20)/t13-/m1/s1. The van der Waals surface area contributed by atoms with Crippen LogP contribution in [0.1, 0.15) is 45.2 Å². The summed E-state index contributed by atoms with van der Waals surface area (Å²) in [7, 11) is 0. The Morgan fingerprint density at radius 1 is 1.35 bits per heavy atom. The zero-order chi connectivity index (χ0) is 14.3. The fourth-order valence-electron chi connectivity index (χ4n) is 2.95. The third-order valence-corrected chi connectivity index (χ3v) is 3.94. The molecule has 2 N–H and O–H groups in total. The molecule has 102 valence electrons. The molecule has 0 aliphatic heterocycles. The summed E-state index contributed by atoms with van der Waals surface area (Å²) < 4.78 is 13.7. The van der Waals surface area contributed by atoms with E-state index in [0.29, 0.717) is 11.3 Å². The highest BCUT2D eigenvalue weighted by atomic mass is 19.1. The molecule has 0 fully saturated rings. The van der Waals surface area contributed by atoms with Gasteiger partial charge in [0.15, 0.2) is 0 Å². The van der Waals surface area contributed by atoms with Crippen LogP contribution in [0.5, 0.6) is 0 Å². The van der Waals surface area contributed by atoms with E-state index in [-0.39, 0.29) is 11.7 Å². The number of amides is 1. The first-order valence-electron chi connectivity index (χ1n) is 6.62. The smallest absolute Gasteiger partial charge is 0.250 e. The first-order valence-corrected chi connectivity index (χ1v) is 6.62. The van der Waals surface area contributed by atoms with Gasteiger partial charge in [0.25, 0.3) is 5.91 Å². The summed E-state index contributed by atoms with van der Waals surface area (Å²) in [4.78, 5) is 15.7. The lowest BCUT2D eigenvalue weighted by molar-refractivity contribution is 0.0999. The molecule has 3 nitrogen and oxygen atoms in total. The second kappa shape index (κ2) is 4.71. The van der Waals surface area contributed by atoms with E-state index in [9.17, 15) is 9.18 Å². The molecule has 3 rings (SSSR count). The number of nitrogens with two attached hydrogens (primary N) is 1. The van der Waals surface area contributed by atoms with Crippen LogP contribution in [0, 0.1) is 12.7 Å².